The normalized spacial score (nSPS) is 12.3. The van der Waals surface area contributed by atoms with Crippen LogP contribution in [0.3, 0.4) is 0 Å². The minimum atomic E-state index is -4.72. The second-order valence-electron chi connectivity index (χ2n) is 7.98. The lowest BCUT2D eigenvalue weighted by molar-refractivity contribution is -0.137. The Morgan fingerprint density at radius 3 is 2.23 bits per heavy atom. The average molecular weight is 541 g/mol. The summed E-state index contributed by atoms with van der Waals surface area (Å²) in [7, 11) is -4.35. The Kier molecular flexibility index (Phi) is 6.46. The van der Waals surface area contributed by atoms with Crippen molar-refractivity contribution in [2.45, 2.75) is 30.7 Å². The van der Waals surface area contributed by atoms with Gasteiger partial charge in [-0.25, -0.2) is 13.4 Å². The van der Waals surface area contributed by atoms with E-state index in [-0.39, 0.29) is 26.8 Å². The van der Waals surface area contributed by atoms with Crippen LogP contribution in [0.1, 0.15) is 22.5 Å². The standard InChI is InChI=1S/C24H17Cl2F3N2O3S/c1-13-5-3-6-14(2)22(13)31-20(30-21-18(23(31)32)10-16(25)11-19(21)26)12-35(33,34)17-8-4-7-15(9-17)24(27,28)29/h3-11H,12H2,1-2H3. The second-order valence-corrected chi connectivity index (χ2v) is 10.8. The lowest BCUT2D eigenvalue weighted by Crippen LogP contribution is -2.27. The van der Waals surface area contributed by atoms with Crippen molar-refractivity contribution in [2.24, 2.45) is 0 Å². The molecule has 0 fully saturated rings. The zero-order valence-electron chi connectivity index (χ0n) is 18.3. The fourth-order valence-electron chi connectivity index (χ4n) is 3.86. The smallest absolute Gasteiger partial charge is 0.268 e. The van der Waals surface area contributed by atoms with Crippen LogP contribution in [0.5, 0.6) is 0 Å². The Labute approximate surface area is 208 Å². The quantitative estimate of drug-likeness (QED) is 0.304. The molecular formula is C24H17Cl2F3N2O3S. The maximum atomic E-state index is 13.6. The number of aromatic nitrogens is 2. The first kappa shape index (κ1) is 25.2. The SMILES string of the molecule is Cc1cccc(C)c1-n1c(CS(=O)(=O)c2cccc(C(F)(F)F)c2)nc2c(Cl)cc(Cl)cc2c1=O. The number of aryl methyl sites for hydroxylation is 2. The molecule has 0 saturated heterocycles. The van der Waals surface area contributed by atoms with Crippen molar-refractivity contribution in [3.05, 3.63) is 97.5 Å². The highest BCUT2D eigenvalue weighted by molar-refractivity contribution is 7.90. The summed E-state index contributed by atoms with van der Waals surface area (Å²) in [5.74, 6) is -1.03. The molecule has 0 saturated carbocycles. The number of hydrogen-bond acceptors (Lipinski definition) is 4. The molecule has 1 aromatic heterocycles. The number of nitrogens with zero attached hydrogens (tertiary/aromatic N) is 2. The predicted octanol–water partition coefficient (Wildman–Crippen LogP) is 6.30. The minimum Gasteiger partial charge on any atom is -0.268 e. The number of rotatable bonds is 4. The molecule has 0 N–H and O–H groups in total. The molecule has 35 heavy (non-hydrogen) atoms. The molecule has 4 aromatic rings. The molecule has 1 heterocycles. The molecule has 0 unspecified atom stereocenters. The second kappa shape index (κ2) is 8.96. The molecule has 182 valence electrons. The molecule has 0 bridgehead atoms. The van der Waals surface area contributed by atoms with E-state index in [1.54, 1.807) is 32.0 Å². The van der Waals surface area contributed by atoms with Gasteiger partial charge in [-0.15, -0.1) is 0 Å². The largest absolute Gasteiger partial charge is 0.416 e. The van der Waals surface area contributed by atoms with Crippen LogP contribution in [0.4, 0.5) is 13.2 Å². The average Bonchev–Trinajstić information content (AvgIpc) is 2.76. The van der Waals surface area contributed by atoms with Gasteiger partial charge in [0.15, 0.2) is 9.84 Å². The highest BCUT2D eigenvalue weighted by Crippen LogP contribution is 2.32. The third-order valence-electron chi connectivity index (χ3n) is 5.46. The third-order valence-corrected chi connectivity index (χ3v) is 7.58. The summed E-state index contributed by atoms with van der Waals surface area (Å²) in [5.41, 5.74) is 0.0779. The highest BCUT2D eigenvalue weighted by atomic mass is 35.5. The van der Waals surface area contributed by atoms with Crippen LogP contribution in [0.25, 0.3) is 16.6 Å². The Morgan fingerprint density at radius 2 is 1.60 bits per heavy atom. The fourth-order valence-corrected chi connectivity index (χ4v) is 5.69. The van der Waals surface area contributed by atoms with Crippen LogP contribution >= 0.6 is 23.2 Å². The Balaban J connectivity index is 2.01. The molecule has 4 rings (SSSR count). The van der Waals surface area contributed by atoms with Gasteiger partial charge < -0.3 is 0 Å². The van der Waals surface area contributed by atoms with Gasteiger partial charge in [-0.2, -0.15) is 13.2 Å². The maximum Gasteiger partial charge on any atom is 0.416 e. The maximum absolute atomic E-state index is 13.6. The van der Waals surface area contributed by atoms with E-state index >= 15 is 0 Å². The molecule has 11 heteroatoms. The summed E-state index contributed by atoms with van der Waals surface area (Å²) in [5, 5.41) is 0.306. The topological polar surface area (TPSA) is 69.0 Å². The van der Waals surface area contributed by atoms with E-state index in [0.717, 1.165) is 22.8 Å². The Bertz CT molecular complexity index is 1630. The first-order valence-corrected chi connectivity index (χ1v) is 12.6. The van der Waals surface area contributed by atoms with Gasteiger partial charge in [0, 0.05) is 5.02 Å². The molecule has 0 aliphatic carbocycles. The predicted molar refractivity (Wildman–Crippen MR) is 129 cm³/mol. The number of alkyl halides is 3. The van der Waals surface area contributed by atoms with Crippen molar-refractivity contribution < 1.29 is 21.6 Å². The highest BCUT2D eigenvalue weighted by Gasteiger charge is 2.32. The molecule has 0 atom stereocenters. The zero-order valence-corrected chi connectivity index (χ0v) is 20.6. The number of hydrogen-bond donors (Lipinski definition) is 0. The van der Waals surface area contributed by atoms with Gasteiger partial charge in [-0.1, -0.05) is 47.5 Å². The minimum absolute atomic E-state index is 0.0379. The molecule has 0 aliphatic heterocycles. The zero-order chi connectivity index (χ0) is 25.7. The number of sulfone groups is 1. The van der Waals surface area contributed by atoms with Gasteiger partial charge in [0.1, 0.15) is 11.6 Å². The van der Waals surface area contributed by atoms with Gasteiger partial charge in [-0.3, -0.25) is 9.36 Å². The van der Waals surface area contributed by atoms with Crippen molar-refractivity contribution in [1.82, 2.24) is 9.55 Å². The van der Waals surface area contributed by atoms with Crippen molar-refractivity contribution >= 4 is 43.9 Å². The van der Waals surface area contributed by atoms with Crippen molar-refractivity contribution in [3.8, 4) is 5.69 Å². The van der Waals surface area contributed by atoms with E-state index in [2.05, 4.69) is 4.98 Å². The number of halogens is 5. The molecule has 3 aromatic carbocycles. The van der Waals surface area contributed by atoms with Crippen LogP contribution in [0, 0.1) is 13.8 Å². The van der Waals surface area contributed by atoms with Crippen molar-refractivity contribution in [3.63, 3.8) is 0 Å². The van der Waals surface area contributed by atoms with Gasteiger partial charge in [0.2, 0.25) is 0 Å². The van der Waals surface area contributed by atoms with Crippen LogP contribution < -0.4 is 5.56 Å². The summed E-state index contributed by atoms with van der Waals surface area (Å²) >= 11 is 12.3. The third kappa shape index (κ3) is 4.80. The van der Waals surface area contributed by atoms with E-state index in [9.17, 15) is 26.4 Å². The van der Waals surface area contributed by atoms with Gasteiger partial charge in [-0.05, 0) is 55.3 Å². The van der Waals surface area contributed by atoms with E-state index in [1.807, 2.05) is 0 Å². The van der Waals surface area contributed by atoms with Crippen LogP contribution in [-0.4, -0.2) is 18.0 Å². The molecule has 0 amide bonds. The number of benzene rings is 3. The van der Waals surface area contributed by atoms with Gasteiger partial charge in [0.05, 0.1) is 32.1 Å². The van der Waals surface area contributed by atoms with Crippen molar-refractivity contribution in [1.29, 1.82) is 0 Å². The van der Waals surface area contributed by atoms with Gasteiger partial charge in [0.25, 0.3) is 5.56 Å². The Hall–Kier alpha value is -2.88. The molecular weight excluding hydrogens is 524 g/mol. The number of para-hydroxylation sites is 1. The lowest BCUT2D eigenvalue weighted by atomic mass is 10.1. The summed E-state index contributed by atoms with van der Waals surface area (Å²) in [6, 6.07) is 11.4. The summed E-state index contributed by atoms with van der Waals surface area (Å²) in [6.45, 7) is 3.49. The van der Waals surface area contributed by atoms with Crippen LogP contribution in [0.15, 0.2) is 64.3 Å². The lowest BCUT2D eigenvalue weighted by Gasteiger charge is -2.18. The molecule has 5 nitrogen and oxygen atoms in total. The van der Waals surface area contributed by atoms with E-state index in [1.165, 1.54) is 12.1 Å². The number of fused-ring (bicyclic) bond motifs is 1. The summed E-state index contributed by atoms with van der Waals surface area (Å²) in [6.07, 6.45) is -4.72. The van der Waals surface area contributed by atoms with E-state index < -0.39 is 37.8 Å². The van der Waals surface area contributed by atoms with E-state index in [0.29, 0.717) is 22.9 Å². The summed E-state index contributed by atoms with van der Waals surface area (Å²) in [4.78, 5) is 17.5. The Morgan fingerprint density at radius 1 is 0.971 bits per heavy atom. The van der Waals surface area contributed by atoms with Crippen LogP contribution in [0.2, 0.25) is 10.0 Å². The van der Waals surface area contributed by atoms with E-state index in [4.69, 9.17) is 23.2 Å². The molecule has 0 aliphatic rings. The van der Waals surface area contributed by atoms with Gasteiger partial charge >= 0.3 is 6.18 Å². The molecule has 0 spiro atoms. The fraction of sp³-hybridized carbons (Fsp3) is 0.167. The first-order valence-electron chi connectivity index (χ1n) is 10.2. The summed E-state index contributed by atoms with van der Waals surface area (Å²) < 4.78 is 67.2. The monoisotopic (exact) mass is 540 g/mol. The van der Waals surface area contributed by atoms with Crippen LogP contribution in [-0.2, 0) is 21.8 Å². The van der Waals surface area contributed by atoms with Crippen molar-refractivity contribution in [2.75, 3.05) is 0 Å². The first-order chi connectivity index (χ1) is 16.3. The molecule has 0 radical (unpaired) electrons.